The van der Waals surface area contributed by atoms with Crippen LogP contribution in [0, 0.1) is 23.1 Å². The van der Waals surface area contributed by atoms with E-state index in [1.807, 2.05) is 6.07 Å². The Hall–Kier alpha value is -2.09. The van der Waals surface area contributed by atoms with Crippen LogP contribution < -0.4 is 4.90 Å². The molecule has 0 unspecified atom stereocenters. The SMILES string of the molecule is N#Cc1ccc(N(CC(=O)O)CC2CC2)c(F)c1. The van der Waals surface area contributed by atoms with Crippen LogP contribution in [0.3, 0.4) is 0 Å². The van der Waals surface area contributed by atoms with Gasteiger partial charge in [-0.1, -0.05) is 0 Å². The maximum absolute atomic E-state index is 13.8. The lowest BCUT2D eigenvalue weighted by Gasteiger charge is -2.23. The van der Waals surface area contributed by atoms with Crippen LogP contribution >= 0.6 is 0 Å². The molecule has 94 valence electrons. The third-order valence-corrected chi connectivity index (χ3v) is 2.92. The number of aliphatic carboxylic acids is 1. The Morgan fingerprint density at radius 1 is 1.56 bits per heavy atom. The number of rotatable bonds is 5. The van der Waals surface area contributed by atoms with Crippen molar-refractivity contribution < 1.29 is 14.3 Å². The number of benzene rings is 1. The zero-order chi connectivity index (χ0) is 13.1. The predicted octanol–water partition coefficient (Wildman–Crippen LogP) is 2.00. The van der Waals surface area contributed by atoms with Crippen LogP contribution in [0.2, 0.25) is 0 Å². The minimum absolute atomic E-state index is 0.223. The topological polar surface area (TPSA) is 64.3 Å². The van der Waals surface area contributed by atoms with Gasteiger partial charge in [0.25, 0.3) is 0 Å². The monoisotopic (exact) mass is 248 g/mol. The summed E-state index contributed by atoms with van der Waals surface area (Å²) in [4.78, 5) is 12.3. The van der Waals surface area contributed by atoms with E-state index in [-0.39, 0.29) is 17.8 Å². The molecule has 0 atom stereocenters. The maximum Gasteiger partial charge on any atom is 0.323 e. The largest absolute Gasteiger partial charge is 0.480 e. The van der Waals surface area contributed by atoms with Gasteiger partial charge in [0.05, 0.1) is 17.3 Å². The fraction of sp³-hybridized carbons (Fsp3) is 0.385. The Kier molecular flexibility index (Phi) is 3.47. The van der Waals surface area contributed by atoms with Gasteiger partial charge in [-0.15, -0.1) is 0 Å². The Labute approximate surface area is 104 Å². The lowest BCUT2D eigenvalue weighted by atomic mass is 10.2. The first-order valence-corrected chi connectivity index (χ1v) is 5.76. The minimum atomic E-state index is -0.987. The number of hydrogen-bond donors (Lipinski definition) is 1. The summed E-state index contributed by atoms with van der Waals surface area (Å²) in [7, 11) is 0. The lowest BCUT2D eigenvalue weighted by molar-refractivity contribution is -0.135. The number of nitrogens with zero attached hydrogens (tertiary/aromatic N) is 2. The number of halogens is 1. The van der Waals surface area contributed by atoms with E-state index >= 15 is 0 Å². The van der Waals surface area contributed by atoms with Crippen molar-refractivity contribution in [1.82, 2.24) is 0 Å². The van der Waals surface area contributed by atoms with E-state index in [2.05, 4.69) is 0 Å². The number of nitriles is 1. The second-order valence-electron chi connectivity index (χ2n) is 4.50. The zero-order valence-electron chi connectivity index (χ0n) is 9.77. The van der Waals surface area contributed by atoms with Gasteiger partial charge in [-0.3, -0.25) is 4.79 Å². The second-order valence-corrected chi connectivity index (χ2v) is 4.50. The Bertz CT molecular complexity index is 506. The lowest BCUT2D eigenvalue weighted by Crippen LogP contribution is -2.32. The number of anilines is 1. The minimum Gasteiger partial charge on any atom is -0.480 e. The van der Waals surface area contributed by atoms with E-state index in [1.54, 1.807) is 0 Å². The molecule has 4 nitrogen and oxygen atoms in total. The van der Waals surface area contributed by atoms with Crippen molar-refractivity contribution in [2.75, 3.05) is 18.0 Å². The number of hydrogen-bond acceptors (Lipinski definition) is 3. The summed E-state index contributed by atoms with van der Waals surface area (Å²) >= 11 is 0. The third-order valence-electron chi connectivity index (χ3n) is 2.92. The molecule has 1 N–H and O–H groups in total. The van der Waals surface area contributed by atoms with Crippen LogP contribution in [0.25, 0.3) is 0 Å². The van der Waals surface area contributed by atoms with E-state index < -0.39 is 11.8 Å². The van der Waals surface area contributed by atoms with Crippen molar-refractivity contribution in [2.45, 2.75) is 12.8 Å². The van der Waals surface area contributed by atoms with Gasteiger partial charge >= 0.3 is 5.97 Å². The molecule has 1 aromatic carbocycles. The van der Waals surface area contributed by atoms with Crippen molar-refractivity contribution >= 4 is 11.7 Å². The van der Waals surface area contributed by atoms with Crippen LogP contribution in [-0.4, -0.2) is 24.2 Å². The molecule has 1 saturated carbocycles. The standard InChI is InChI=1S/C13H13FN2O2/c14-11-5-10(6-15)3-4-12(11)16(8-13(17)18)7-9-1-2-9/h3-5,9H,1-2,7-8H2,(H,17,18). The Balaban J connectivity index is 2.23. The van der Waals surface area contributed by atoms with Crippen LogP contribution in [0.15, 0.2) is 18.2 Å². The van der Waals surface area contributed by atoms with E-state index in [9.17, 15) is 9.18 Å². The first-order chi connectivity index (χ1) is 8.60. The smallest absolute Gasteiger partial charge is 0.323 e. The summed E-state index contributed by atoms with van der Waals surface area (Å²) in [6.07, 6.45) is 2.13. The molecule has 1 fully saturated rings. The third kappa shape index (κ3) is 2.98. The van der Waals surface area contributed by atoms with Gasteiger partial charge in [0.2, 0.25) is 0 Å². The quantitative estimate of drug-likeness (QED) is 0.865. The van der Waals surface area contributed by atoms with Gasteiger partial charge in [-0.25, -0.2) is 4.39 Å². The summed E-state index contributed by atoms with van der Waals surface area (Å²) in [5.74, 6) is -1.07. The van der Waals surface area contributed by atoms with E-state index in [0.717, 1.165) is 18.9 Å². The first kappa shape index (κ1) is 12.4. The number of carboxylic acid groups (broad SMARTS) is 1. The fourth-order valence-corrected chi connectivity index (χ4v) is 1.86. The molecule has 0 spiro atoms. The van der Waals surface area contributed by atoms with Crippen molar-refractivity contribution in [2.24, 2.45) is 5.92 Å². The van der Waals surface area contributed by atoms with Crippen LogP contribution in [0.5, 0.6) is 0 Å². The van der Waals surface area contributed by atoms with Crippen molar-refractivity contribution in [1.29, 1.82) is 5.26 Å². The molecule has 0 amide bonds. The molecule has 1 aromatic rings. The summed E-state index contributed by atoms with van der Waals surface area (Å²) < 4.78 is 13.8. The van der Waals surface area contributed by atoms with Gasteiger partial charge in [0, 0.05) is 6.54 Å². The molecule has 1 aliphatic carbocycles. The van der Waals surface area contributed by atoms with Crippen LogP contribution in [0.1, 0.15) is 18.4 Å². The van der Waals surface area contributed by atoms with Gasteiger partial charge in [-0.05, 0) is 37.0 Å². The molecule has 0 heterocycles. The highest BCUT2D eigenvalue weighted by atomic mass is 19.1. The normalized spacial score (nSPS) is 14.0. The zero-order valence-corrected chi connectivity index (χ0v) is 9.77. The fourth-order valence-electron chi connectivity index (χ4n) is 1.86. The van der Waals surface area contributed by atoms with Crippen LogP contribution in [0.4, 0.5) is 10.1 Å². The average molecular weight is 248 g/mol. The van der Waals surface area contributed by atoms with Crippen molar-refractivity contribution in [3.8, 4) is 6.07 Å². The molecule has 0 aliphatic heterocycles. The van der Waals surface area contributed by atoms with Crippen molar-refractivity contribution in [3.05, 3.63) is 29.6 Å². The first-order valence-electron chi connectivity index (χ1n) is 5.76. The van der Waals surface area contributed by atoms with Gasteiger partial charge in [-0.2, -0.15) is 5.26 Å². The predicted molar refractivity (Wildman–Crippen MR) is 63.7 cm³/mol. The highest BCUT2D eigenvalue weighted by Gasteiger charge is 2.26. The van der Waals surface area contributed by atoms with Gasteiger partial charge in [0.15, 0.2) is 0 Å². The number of carbonyl (C=O) groups is 1. The molecule has 0 radical (unpaired) electrons. The summed E-state index contributed by atoms with van der Waals surface area (Å²) in [6.45, 7) is 0.328. The summed E-state index contributed by atoms with van der Waals surface area (Å²) in [6, 6.07) is 5.96. The highest BCUT2D eigenvalue weighted by Crippen LogP contribution is 2.32. The van der Waals surface area contributed by atoms with Crippen LogP contribution in [-0.2, 0) is 4.79 Å². The molecule has 2 rings (SSSR count). The number of carboxylic acids is 1. The summed E-state index contributed by atoms with van der Waals surface area (Å²) in [5.41, 5.74) is 0.487. The molecule has 5 heteroatoms. The average Bonchev–Trinajstić information content (AvgIpc) is 3.11. The van der Waals surface area contributed by atoms with E-state index in [4.69, 9.17) is 10.4 Å². The molecule has 18 heavy (non-hydrogen) atoms. The second kappa shape index (κ2) is 5.05. The molecular weight excluding hydrogens is 235 g/mol. The van der Waals surface area contributed by atoms with Gasteiger partial charge in [0.1, 0.15) is 12.4 Å². The molecule has 1 aliphatic rings. The van der Waals surface area contributed by atoms with E-state index in [0.29, 0.717) is 12.5 Å². The van der Waals surface area contributed by atoms with Gasteiger partial charge < -0.3 is 10.0 Å². The molecule has 0 saturated heterocycles. The molecule has 0 aromatic heterocycles. The van der Waals surface area contributed by atoms with Crippen molar-refractivity contribution in [3.63, 3.8) is 0 Å². The molecule has 0 bridgehead atoms. The van der Waals surface area contributed by atoms with E-state index in [1.165, 1.54) is 17.0 Å². The maximum atomic E-state index is 13.8. The highest BCUT2D eigenvalue weighted by molar-refractivity contribution is 5.74. The summed E-state index contributed by atoms with van der Waals surface area (Å²) in [5, 5.41) is 17.5. The molecular formula is C13H13FN2O2. The Morgan fingerprint density at radius 3 is 2.78 bits per heavy atom. The Morgan fingerprint density at radius 2 is 2.28 bits per heavy atom.